The molecular formula is C20H27N5O4. The van der Waals surface area contributed by atoms with Crippen LogP contribution in [0, 0.1) is 0 Å². The molecule has 9 nitrogen and oxygen atoms in total. The number of methoxy groups -OCH3 is 1. The van der Waals surface area contributed by atoms with Crippen LogP contribution >= 0.6 is 0 Å². The third kappa shape index (κ3) is 4.85. The molecular weight excluding hydrogens is 374 g/mol. The normalized spacial score (nSPS) is 15.7. The zero-order valence-electron chi connectivity index (χ0n) is 17.2. The van der Waals surface area contributed by atoms with Gasteiger partial charge in [-0.05, 0) is 25.1 Å². The lowest BCUT2D eigenvalue weighted by Crippen LogP contribution is -2.40. The largest absolute Gasteiger partial charge is 0.493 e. The molecule has 3 rings (SSSR count). The van der Waals surface area contributed by atoms with Gasteiger partial charge in [0.15, 0.2) is 17.3 Å². The first-order chi connectivity index (χ1) is 13.9. The smallest absolute Gasteiger partial charge is 0.252 e. The monoisotopic (exact) mass is 401 g/mol. The van der Waals surface area contributed by atoms with E-state index in [1.807, 2.05) is 18.9 Å². The molecule has 2 aromatic rings. The van der Waals surface area contributed by atoms with Crippen LogP contribution in [0.1, 0.15) is 48.9 Å². The average Bonchev–Trinajstić information content (AvgIpc) is 3.14. The summed E-state index contributed by atoms with van der Waals surface area (Å²) in [6.07, 6.45) is 3.13. The average molecular weight is 401 g/mol. The topological polar surface area (TPSA) is 98.6 Å². The van der Waals surface area contributed by atoms with E-state index < -0.39 is 0 Å². The van der Waals surface area contributed by atoms with Crippen molar-refractivity contribution < 1.29 is 19.1 Å². The number of carbonyl (C=O) groups excluding carboxylic acids is 2. The molecule has 2 amide bonds. The number of nitrogens with one attached hydrogen (secondary N) is 1. The summed E-state index contributed by atoms with van der Waals surface area (Å²) in [4.78, 5) is 25.9. The minimum atomic E-state index is -0.289. The van der Waals surface area contributed by atoms with Gasteiger partial charge in [-0.3, -0.25) is 9.59 Å². The Hall–Kier alpha value is -3.10. The van der Waals surface area contributed by atoms with Crippen molar-refractivity contribution >= 4 is 11.8 Å². The van der Waals surface area contributed by atoms with Gasteiger partial charge in [0.05, 0.1) is 13.2 Å². The fraction of sp³-hybridized carbons (Fsp3) is 0.500. The lowest BCUT2D eigenvalue weighted by atomic mass is 10.1. The summed E-state index contributed by atoms with van der Waals surface area (Å²) < 4.78 is 13.3. The molecule has 1 aliphatic rings. The SMILES string of the molecule is COc1cc(C(=O)N[C@H](C)c2nncn2C)ccc1OC1CCN(C(C)=O)CC1. The van der Waals surface area contributed by atoms with Crippen molar-refractivity contribution in [1.29, 1.82) is 0 Å². The van der Waals surface area contributed by atoms with Gasteiger partial charge in [-0.15, -0.1) is 10.2 Å². The number of amides is 2. The van der Waals surface area contributed by atoms with Crippen molar-refractivity contribution in [2.24, 2.45) is 7.05 Å². The molecule has 0 bridgehead atoms. The standard InChI is InChI=1S/C20H27N5O4/c1-13(19-23-21-12-24(19)3)22-20(27)15-5-6-17(18(11-15)28-4)29-16-7-9-25(10-8-16)14(2)26/h5-6,11-13,16H,7-10H2,1-4H3,(H,22,27)/t13-/m1/s1. The Morgan fingerprint density at radius 3 is 2.55 bits per heavy atom. The van der Waals surface area contributed by atoms with Gasteiger partial charge in [0.25, 0.3) is 5.91 Å². The van der Waals surface area contributed by atoms with Gasteiger partial charge in [-0.2, -0.15) is 0 Å². The van der Waals surface area contributed by atoms with Crippen molar-refractivity contribution in [3.05, 3.63) is 35.9 Å². The number of nitrogens with zero attached hydrogens (tertiary/aromatic N) is 4. The molecule has 1 saturated heterocycles. The van der Waals surface area contributed by atoms with E-state index in [0.717, 1.165) is 12.8 Å². The molecule has 1 atom stereocenters. The van der Waals surface area contributed by atoms with E-state index in [0.29, 0.717) is 36.0 Å². The summed E-state index contributed by atoms with van der Waals surface area (Å²) in [6.45, 7) is 4.80. The van der Waals surface area contributed by atoms with Crippen LogP contribution < -0.4 is 14.8 Å². The molecule has 1 N–H and O–H groups in total. The van der Waals surface area contributed by atoms with E-state index in [2.05, 4.69) is 15.5 Å². The van der Waals surface area contributed by atoms with Crippen molar-refractivity contribution in [2.75, 3.05) is 20.2 Å². The van der Waals surface area contributed by atoms with Gasteiger partial charge in [0.2, 0.25) is 5.91 Å². The van der Waals surface area contributed by atoms with Crippen molar-refractivity contribution in [2.45, 2.75) is 38.8 Å². The van der Waals surface area contributed by atoms with Crippen LogP contribution in [0.4, 0.5) is 0 Å². The van der Waals surface area contributed by atoms with E-state index >= 15 is 0 Å². The van der Waals surface area contributed by atoms with Crippen LogP contribution in [0.15, 0.2) is 24.5 Å². The van der Waals surface area contributed by atoms with E-state index in [1.54, 1.807) is 43.1 Å². The second-order valence-electron chi connectivity index (χ2n) is 7.18. The number of ether oxygens (including phenoxy) is 2. The highest BCUT2D eigenvalue weighted by Crippen LogP contribution is 2.31. The number of aromatic nitrogens is 3. The number of aryl methyl sites for hydroxylation is 1. The number of hydrogen-bond donors (Lipinski definition) is 1. The molecule has 9 heteroatoms. The summed E-state index contributed by atoms with van der Waals surface area (Å²) in [6, 6.07) is 4.83. The highest BCUT2D eigenvalue weighted by molar-refractivity contribution is 5.95. The number of piperidine rings is 1. The zero-order chi connectivity index (χ0) is 21.0. The first-order valence-corrected chi connectivity index (χ1v) is 9.64. The predicted octanol–water partition coefficient (Wildman–Crippen LogP) is 1.70. The van der Waals surface area contributed by atoms with E-state index in [1.165, 1.54) is 0 Å². The first-order valence-electron chi connectivity index (χ1n) is 9.64. The third-order valence-electron chi connectivity index (χ3n) is 5.09. The Kier molecular flexibility index (Phi) is 6.36. The van der Waals surface area contributed by atoms with Crippen molar-refractivity contribution in [3.63, 3.8) is 0 Å². The van der Waals surface area contributed by atoms with Gasteiger partial charge < -0.3 is 24.3 Å². The Morgan fingerprint density at radius 2 is 1.97 bits per heavy atom. The molecule has 0 aliphatic carbocycles. The molecule has 156 valence electrons. The number of carbonyl (C=O) groups is 2. The van der Waals surface area contributed by atoms with Gasteiger partial charge in [0.1, 0.15) is 12.4 Å². The maximum Gasteiger partial charge on any atom is 0.252 e. The lowest BCUT2D eigenvalue weighted by Gasteiger charge is -2.31. The maximum atomic E-state index is 12.6. The fourth-order valence-electron chi connectivity index (χ4n) is 3.40. The Bertz CT molecular complexity index is 874. The van der Waals surface area contributed by atoms with Crippen molar-refractivity contribution in [3.8, 4) is 11.5 Å². The van der Waals surface area contributed by atoms with Crippen LogP contribution in [0.25, 0.3) is 0 Å². The van der Waals surface area contributed by atoms with Crippen LogP contribution in [0.3, 0.4) is 0 Å². The van der Waals surface area contributed by atoms with E-state index in [9.17, 15) is 9.59 Å². The van der Waals surface area contributed by atoms with E-state index in [4.69, 9.17) is 9.47 Å². The summed E-state index contributed by atoms with van der Waals surface area (Å²) in [5, 5.41) is 10.8. The Balaban J connectivity index is 1.64. The van der Waals surface area contributed by atoms with Gasteiger partial charge in [0, 0.05) is 45.5 Å². The highest BCUT2D eigenvalue weighted by atomic mass is 16.5. The van der Waals surface area contributed by atoms with Crippen molar-refractivity contribution in [1.82, 2.24) is 25.0 Å². The third-order valence-corrected chi connectivity index (χ3v) is 5.09. The molecule has 29 heavy (non-hydrogen) atoms. The van der Waals surface area contributed by atoms with Crippen LogP contribution in [-0.4, -0.2) is 57.8 Å². The molecule has 0 spiro atoms. The molecule has 1 aromatic carbocycles. The summed E-state index contributed by atoms with van der Waals surface area (Å²) in [5.74, 6) is 1.61. The second-order valence-corrected chi connectivity index (χ2v) is 7.18. The number of hydrogen-bond acceptors (Lipinski definition) is 6. The number of likely N-dealkylation sites (tertiary alicyclic amines) is 1. The van der Waals surface area contributed by atoms with E-state index in [-0.39, 0.29) is 24.0 Å². The number of benzene rings is 1. The first kappa shape index (κ1) is 20.6. The van der Waals surface area contributed by atoms with Crippen LogP contribution in [-0.2, 0) is 11.8 Å². The summed E-state index contributed by atoms with van der Waals surface area (Å²) in [7, 11) is 3.37. The summed E-state index contributed by atoms with van der Waals surface area (Å²) >= 11 is 0. The highest BCUT2D eigenvalue weighted by Gasteiger charge is 2.23. The van der Waals surface area contributed by atoms with Crippen LogP contribution in [0.5, 0.6) is 11.5 Å². The summed E-state index contributed by atoms with van der Waals surface area (Å²) in [5.41, 5.74) is 0.467. The fourth-order valence-corrected chi connectivity index (χ4v) is 3.40. The lowest BCUT2D eigenvalue weighted by molar-refractivity contribution is -0.130. The van der Waals surface area contributed by atoms with Gasteiger partial charge in [-0.1, -0.05) is 0 Å². The zero-order valence-corrected chi connectivity index (χ0v) is 17.2. The molecule has 2 heterocycles. The molecule has 0 unspecified atom stereocenters. The van der Waals surface area contributed by atoms with Gasteiger partial charge >= 0.3 is 0 Å². The minimum Gasteiger partial charge on any atom is -0.493 e. The Labute approximate surface area is 170 Å². The molecule has 1 fully saturated rings. The molecule has 1 aromatic heterocycles. The minimum absolute atomic E-state index is 0.00936. The molecule has 1 aliphatic heterocycles. The maximum absolute atomic E-state index is 12.6. The van der Waals surface area contributed by atoms with Crippen LogP contribution in [0.2, 0.25) is 0 Å². The number of rotatable bonds is 6. The molecule has 0 radical (unpaired) electrons. The molecule has 0 saturated carbocycles. The Morgan fingerprint density at radius 1 is 1.24 bits per heavy atom. The van der Waals surface area contributed by atoms with Gasteiger partial charge in [-0.25, -0.2) is 0 Å². The quantitative estimate of drug-likeness (QED) is 0.791. The second kappa shape index (κ2) is 8.93. The predicted molar refractivity (Wildman–Crippen MR) is 106 cm³/mol.